The molecular weight excluding hydrogens is 358 g/mol. The van der Waals surface area contributed by atoms with E-state index in [0.29, 0.717) is 19.8 Å². The number of aromatic carboxylic acids is 1. The number of nitro benzene ring substituents is 1. The molecule has 0 aromatic heterocycles. The van der Waals surface area contributed by atoms with Gasteiger partial charge in [0, 0.05) is 14.9 Å². The lowest BCUT2D eigenvalue weighted by Gasteiger charge is -2.08. The van der Waals surface area contributed by atoms with E-state index in [1.807, 2.05) is 0 Å². The molecule has 5 nitrogen and oxygen atoms in total. The fraction of sp³-hybridized carbons (Fsp3) is 0.0714. The Hall–Kier alpha value is -1.86. The van der Waals surface area contributed by atoms with Crippen molar-refractivity contribution in [2.45, 2.75) is 16.7 Å². The number of carbonyl (C=O) groups is 1. The number of halogens is 1. The molecule has 0 unspecified atom stereocenters. The molecule has 0 bridgehead atoms. The van der Waals surface area contributed by atoms with Gasteiger partial charge in [-0.05, 0) is 31.2 Å². The van der Waals surface area contributed by atoms with Crippen molar-refractivity contribution < 1.29 is 14.8 Å². The monoisotopic (exact) mass is 367 g/mol. The molecular formula is C14H10BrNO4S. The molecule has 2 rings (SSSR count). The zero-order valence-corrected chi connectivity index (χ0v) is 13.3. The molecule has 0 heterocycles. The van der Waals surface area contributed by atoms with Gasteiger partial charge in [-0.1, -0.05) is 39.8 Å². The first-order valence-electron chi connectivity index (χ1n) is 5.85. The van der Waals surface area contributed by atoms with Gasteiger partial charge in [0.15, 0.2) is 0 Å². The average Bonchev–Trinajstić information content (AvgIpc) is 2.37. The van der Waals surface area contributed by atoms with Crippen LogP contribution in [0.2, 0.25) is 0 Å². The second kappa shape index (κ2) is 6.28. The summed E-state index contributed by atoms with van der Waals surface area (Å²) in [5.74, 6) is -1.07. The van der Waals surface area contributed by atoms with Crippen molar-refractivity contribution in [2.24, 2.45) is 0 Å². The number of carboxylic acid groups (broad SMARTS) is 1. The Morgan fingerprint density at radius 1 is 1.29 bits per heavy atom. The molecule has 0 radical (unpaired) electrons. The van der Waals surface area contributed by atoms with E-state index in [9.17, 15) is 20.0 Å². The van der Waals surface area contributed by atoms with Gasteiger partial charge in [0.1, 0.15) is 0 Å². The molecule has 0 fully saturated rings. The van der Waals surface area contributed by atoms with E-state index in [1.165, 1.54) is 6.07 Å². The number of rotatable bonds is 4. The third kappa shape index (κ3) is 3.43. The molecule has 0 atom stereocenters. The van der Waals surface area contributed by atoms with Crippen LogP contribution >= 0.6 is 27.7 Å². The van der Waals surface area contributed by atoms with E-state index < -0.39 is 10.9 Å². The van der Waals surface area contributed by atoms with Crippen LogP contribution in [-0.2, 0) is 0 Å². The predicted molar refractivity (Wildman–Crippen MR) is 83.1 cm³/mol. The number of para-hydroxylation sites is 1. The number of benzene rings is 2. The summed E-state index contributed by atoms with van der Waals surface area (Å²) in [6.45, 7) is 1.65. The summed E-state index contributed by atoms with van der Waals surface area (Å²) in [5.41, 5.74) is 0.648. The standard InChI is InChI=1S/C14H10BrNO4S/c1-8-3-2-4-11(13(8)16(19)20)21-12-7-9(15)5-6-10(12)14(17)18/h2-7H,1H3,(H,17,18). The topological polar surface area (TPSA) is 80.4 Å². The van der Waals surface area contributed by atoms with Crippen molar-refractivity contribution in [1.82, 2.24) is 0 Å². The third-order valence-electron chi connectivity index (χ3n) is 2.78. The SMILES string of the molecule is Cc1cccc(Sc2cc(Br)ccc2C(=O)O)c1[N+](=O)[O-]. The molecule has 2 aromatic rings. The van der Waals surface area contributed by atoms with Crippen molar-refractivity contribution in [3.05, 3.63) is 62.1 Å². The second-order valence-corrected chi connectivity index (χ2v) is 6.23. The minimum Gasteiger partial charge on any atom is -0.478 e. The van der Waals surface area contributed by atoms with Gasteiger partial charge in [-0.15, -0.1) is 0 Å². The summed E-state index contributed by atoms with van der Waals surface area (Å²) in [4.78, 5) is 22.9. The zero-order chi connectivity index (χ0) is 15.6. The van der Waals surface area contributed by atoms with Gasteiger partial charge in [-0.25, -0.2) is 4.79 Å². The molecule has 0 saturated carbocycles. The van der Waals surface area contributed by atoms with Crippen molar-refractivity contribution in [3.8, 4) is 0 Å². The Bertz CT molecular complexity index is 733. The number of hydrogen-bond acceptors (Lipinski definition) is 4. The van der Waals surface area contributed by atoms with E-state index in [4.69, 9.17) is 0 Å². The van der Waals surface area contributed by atoms with Crippen LogP contribution in [0.3, 0.4) is 0 Å². The Morgan fingerprint density at radius 3 is 2.62 bits per heavy atom. The van der Waals surface area contributed by atoms with Crippen LogP contribution in [0.4, 0.5) is 5.69 Å². The van der Waals surface area contributed by atoms with Crippen molar-refractivity contribution >= 4 is 39.3 Å². The van der Waals surface area contributed by atoms with E-state index in [0.717, 1.165) is 11.8 Å². The highest BCUT2D eigenvalue weighted by Gasteiger charge is 2.20. The first-order chi connectivity index (χ1) is 9.90. The summed E-state index contributed by atoms with van der Waals surface area (Å²) in [5, 5.41) is 20.4. The lowest BCUT2D eigenvalue weighted by atomic mass is 10.2. The Labute approximate surface area is 133 Å². The van der Waals surface area contributed by atoms with Crippen LogP contribution in [-0.4, -0.2) is 16.0 Å². The minimum absolute atomic E-state index is 0.00110. The highest BCUT2D eigenvalue weighted by Crippen LogP contribution is 2.39. The molecule has 0 aliphatic carbocycles. The van der Waals surface area contributed by atoms with Gasteiger partial charge in [-0.3, -0.25) is 10.1 Å². The summed E-state index contributed by atoms with van der Waals surface area (Å²) < 4.78 is 0.713. The molecule has 2 aromatic carbocycles. The van der Waals surface area contributed by atoms with E-state index in [2.05, 4.69) is 15.9 Å². The van der Waals surface area contributed by atoms with Crippen molar-refractivity contribution in [1.29, 1.82) is 0 Å². The number of hydrogen-bond donors (Lipinski definition) is 1. The van der Waals surface area contributed by atoms with Crippen LogP contribution in [0.25, 0.3) is 0 Å². The van der Waals surface area contributed by atoms with Crippen LogP contribution in [0, 0.1) is 17.0 Å². The summed E-state index contributed by atoms with van der Waals surface area (Å²) in [7, 11) is 0. The zero-order valence-electron chi connectivity index (χ0n) is 10.9. The molecule has 7 heteroatoms. The quantitative estimate of drug-likeness (QED) is 0.634. The maximum atomic E-state index is 11.2. The van der Waals surface area contributed by atoms with E-state index >= 15 is 0 Å². The first-order valence-corrected chi connectivity index (χ1v) is 7.46. The molecule has 0 aliphatic rings. The summed E-state index contributed by atoms with van der Waals surface area (Å²) in [6.07, 6.45) is 0. The van der Waals surface area contributed by atoms with Crippen molar-refractivity contribution in [3.63, 3.8) is 0 Å². The number of nitro groups is 1. The Balaban J connectivity index is 2.53. The van der Waals surface area contributed by atoms with Gasteiger partial charge in [0.2, 0.25) is 0 Å². The average molecular weight is 368 g/mol. The van der Waals surface area contributed by atoms with Gasteiger partial charge in [-0.2, -0.15) is 0 Å². The van der Waals surface area contributed by atoms with Crippen LogP contribution in [0.1, 0.15) is 15.9 Å². The Morgan fingerprint density at radius 2 is 2.00 bits per heavy atom. The molecule has 0 spiro atoms. The molecule has 0 aliphatic heterocycles. The number of aryl methyl sites for hydroxylation is 1. The second-order valence-electron chi connectivity index (χ2n) is 4.23. The number of nitrogens with zero attached hydrogens (tertiary/aromatic N) is 1. The fourth-order valence-corrected chi connectivity index (χ4v) is 3.50. The minimum atomic E-state index is -1.07. The third-order valence-corrected chi connectivity index (χ3v) is 4.38. The lowest BCUT2D eigenvalue weighted by molar-refractivity contribution is -0.388. The Kier molecular flexibility index (Phi) is 4.64. The lowest BCUT2D eigenvalue weighted by Crippen LogP contribution is -1.99. The fourth-order valence-electron chi connectivity index (χ4n) is 1.82. The van der Waals surface area contributed by atoms with Crippen LogP contribution < -0.4 is 0 Å². The highest BCUT2D eigenvalue weighted by atomic mass is 79.9. The molecule has 0 saturated heterocycles. The van der Waals surface area contributed by atoms with E-state index in [1.54, 1.807) is 37.3 Å². The molecule has 21 heavy (non-hydrogen) atoms. The largest absolute Gasteiger partial charge is 0.478 e. The van der Waals surface area contributed by atoms with Gasteiger partial charge in [0.05, 0.1) is 15.4 Å². The maximum absolute atomic E-state index is 11.2. The van der Waals surface area contributed by atoms with Gasteiger partial charge in [0.25, 0.3) is 5.69 Å². The smallest absolute Gasteiger partial charge is 0.336 e. The van der Waals surface area contributed by atoms with Crippen LogP contribution in [0.15, 0.2) is 50.7 Å². The van der Waals surface area contributed by atoms with Gasteiger partial charge >= 0.3 is 5.97 Å². The molecule has 108 valence electrons. The number of carboxylic acids is 1. The van der Waals surface area contributed by atoms with E-state index in [-0.39, 0.29) is 11.3 Å². The first kappa shape index (κ1) is 15.5. The maximum Gasteiger partial charge on any atom is 0.336 e. The normalized spacial score (nSPS) is 10.4. The molecule has 0 amide bonds. The van der Waals surface area contributed by atoms with Crippen molar-refractivity contribution in [2.75, 3.05) is 0 Å². The summed E-state index contributed by atoms with van der Waals surface area (Å²) >= 11 is 4.35. The highest BCUT2D eigenvalue weighted by molar-refractivity contribution is 9.10. The van der Waals surface area contributed by atoms with Gasteiger partial charge < -0.3 is 5.11 Å². The van der Waals surface area contributed by atoms with Crippen LogP contribution in [0.5, 0.6) is 0 Å². The molecule has 1 N–H and O–H groups in total. The summed E-state index contributed by atoms with van der Waals surface area (Å²) in [6, 6.07) is 9.71. The predicted octanol–water partition coefficient (Wildman–Crippen LogP) is 4.52.